The van der Waals surface area contributed by atoms with Crippen LogP contribution in [0.15, 0.2) is 12.2 Å². The van der Waals surface area contributed by atoms with Gasteiger partial charge in [0.15, 0.2) is 0 Å². The fourth-order valence-electron chi connectivity index (χ4n) is 1.80. The van der Waals surface area contributed by atoms with E-state index in [2.05, 4.69) is 25.3 Å². The number of likely N-dealkylation sites (tertiary alicyclic amines) is 1. The minimum Gasteiger partial charge on any atom is -0.327 e. The summed E-state index contributed by atoms with van der Waals surface area (Å²) in [7, 11) is 0. The van der Waals surface area contributed by atoms with Crippen LogP contribution in [0.5, 0.6) is 0 Å². The molecule has 2 N–H and O–H groups in total. The highest BCUT2D eigenvalue weighted by molar-refractivity contribution is 4.90. The van der Waals surface area contributed by atoms with Crippen LogP contribution in [0, 0.1) is 5.92 Å². The minimum absolute atomic E-state index is 0.418. The first-order valence-electron chi connectivity index (χ1n) is 5.22. The molecule has 1 aliphatic heterocycles. The highest BCUT2D eigenvalue weighted by atomic mass is 15.1. The Morgan fingerprint density at radius 3 is 2.85 bits per heavy atom. The van der Waals surface area contributed by atoms with E-state index in [1.165, 1.54) is 12.1 Å². The van der Waals surface area contributed by atoms with Crippen molar-refractivity contribution in [3.63, 3.8) is 0 Å². The van der Waals surface area contributed by atoms with Crippen molar-refractivity contribution in [2.24, 2.45) is 11.7 Å². The zero-order chi connectivity index (χ0) is 9.84. The molecule has 1 aliphatic rings. The average Bonchev–Trinajstić information content (AvgIpc) is 2.07. The summed E-state index contributed by atoms with van der Waals surface area (Å²) >= 11 is 0. The maximum atomic E-state index is 5.95. The van der Waals surface area contributed by atoms with Gasteiger partial charge in [-0.3, -0.25) is 0 Å². The summed E-state index contributed by atoms with van der Waals surface area (Å²) in [6.07, 6.45) is 2.28. The van der Waals surface area contributed by atoms with Crippen LogP contribution in [0.4, 0.5) is 0 Å². The van der Waals surface area contributed by atoms with Crippen LogP contribution in [-0.4, -0.2) is 30.6 Å². The van der Waals surface area contributed by atoms with Gasteiger partial charge in [0.2, 0.25) is 0 Å². The molecule has 0 aliphatic carbocycles. The Morgan fingerprint density at radius 2 is 2.31 bits per heavy atom. The molecule has 13 heavy (non-hydrogen) atoms. The molecule has 2 heteroatoms. The highest BCUT2D eigenvalue weighted by Crippen LogP contribution is 2.15. The van der Waals surface area contributed by atoms with Crippen molar-refractivity contribution in [1.82, 2.24) is 4.90 Å². The van der Waals surface area contributed by atoms with E-state index in [1.807, 2.05) is 0 Å². The van der Waals surface area contributed by atoms with Crippen LogP contribution in [0.1, 0.15) is 26.7 Å². The number of nitrogens with two attached hydrogens (primary N) is 1. The lowest BCUT2D eigenvalue weighted by molar-refractivity contribution is 0.166. The molecule has 0 spiro atoms. The molecule has 76 valence electrons. The van der Waals surface area contributed by atoms with E-state index in [4.69, 9.17) is 5.73 Å². The molecule has 1 fully saturated rings. The molecule has 1 heterocycles. The predicted octanol–water partition coefficient (Wildman–Crippen LogP) is 1.62. The van der Waals surface area contributed by atoms with Gasteiger partial charge in [-0.05, 0) is 32.2 Å². The van der Waals surface area contributed by atoms with Crippen molar-refractivity contribution in [1.29, 1.82) is 0 Å². The molecule has 0 aromatic carbocycles. The van der Waals surface area contributed by atoms with Crippen molar-refractivity contribution >= 4 is 0 Å². The molecule has 2 nitrogen and oxygen atoms in total. The molecular formula is C11H22N2. The molecular weight excluding hydrogens is 160 g/mol. The third-order valence-electron chi connectivity index (χ3n) is 2.91. The molecule has 0 bridgehead atoms. The summed E-state index contributed by atoms with van der Waals surface area (Å²) < 4.78 is 0. The third-order valence-corrected chi connectivity index (χ3v) is 2.91. The van der Waals surface area contributed by atoms with E-state index in [9.17, 15) is 0 Å². The van der Waals surface area contributed by atoms with Crippen LogP contribution in [-0.2, 0) is 0 Å². The second-order valence-electron chi connectivity index (χ2n) is 4.44. The Bertz CT molecular complexity index is 177. The van der Waals surface area contributed by atoms with Gasteiger partial charge in [0.05, 0.1) is 0 Å². The molecule has 0 saturated carbocycles. The number of nitrogens with zero attached hydrogens (tertiary/aromatic N) is 1. The summed E-state index contributed by atoms with van der Waals surface area (Å²) in [4.78, 5) is 2.50. The zero-order valence-corrected chi connectivity index (χ0v) is 8.92. The first-order chi connectivity index (χ1) is 6.09. The second-order valence-corrected chi connectivity index (χ2v) is 4.44. The van der Waals surface area contributed by atoms with Crippen LogP contribution < -0.4 is 5.73 Å². The van der Waals surface area contributed by atoms with Gasteiger partial charge in [-0.2, -0.15) is 0 Å². The number of hydrogen-bond donors (Lipinski definition) is 1. The standard InChI is InChI=1S/C11H22N2/c1-9(2)4-6-13-7-5-11(12)10(3)8-13/h10-11H,1,4-8,12H2,2-3H3. The lowest BCUT2D eigenvalue weighted by atomic mass is 9.94. The van der Waals surface area contributed by atoms with Gasteiger partial charge in [-0.1, -0.05) is 12.5 Å². The van der Waals surface area contributed by atoms with E-state index < -0.39 is 0 Å². The molecule has 0 amide bonds. The highest BCUT2D eigenvalue weighted by Gasteiger charge is 2.22. The molecule has 0 aromatic rings. The van der Waals surface area contributed by atoms with E-state index in [0.29, 0.717) is 12.0 Å². The Balaban J connectivity index is 2.25. The van der Waals surface area contributed by atoms with Crippen LogP contribution in [0.3, 0.4) is 0 Å². The van der Waals surface area contributed by atoms with E-state index in [0.717, 1.165) is 25.9 Å². The normalized spacial score (nSPS) is 30.4. The predicted molar refractivity (Wildman–Crippen MR) is 57.6 cm³/mol. The Kier molecular flexibility index (Phi) is 3.94. The Morgan fingerprint density at radius 1 is 1.62 bits per heavy atom. The van der Waals surface area contributed by atoms with Crippen molar-refractivity contribution in [3.8, 4) is 0 Å². The fraction of sp³-hybridized carbons (Fsp3) is 0.818. The van der Waals surface area contributed by atoms with Gasteiger partial charge in [0.1, 0.15) is 0 Å². The van der Waals surface area contributed by atoms with Crippen LogP contribution in [0.2, 0.25) is 0 Å². The largest absolute Gasteiger partial charge is 0.327 e. The third kappa shape index (κ3) is 3.49. The van der Waals surface area contributed by atoms with E-state index in [-0.39, 0.29) is 0 Å². The topological polar surface area (TPSA) is 29.3 Å². The zero-order valence-electron chi connectivity index (χ0n) is 8.92. The van der Waals surface area contributed by atoms with Crippen molar-refractivity contribution in [3.05, 3.63) is 12.2 Å². The second kappa shape index (κ2) is 4.77. The molecule has 0 aromatic heterocycles. The van der Waals surface area contributed by atoms with Gasteiger partial charge >= 0.3 is 0 Å². The summed E-state index contributed by atoms with van der Waals surface area (Å²) in [5.74, 6) is 0.652. The summed E-state index contributed by atoms with van der Waals surface area (Å²) in [5.41, 5.74) is 7.23. The average molecular weight is 182 g/mol. The van der Waals surface area contributed by atoms with Gasteiger partial charge in [0.25, 0.3) is 0 Å². The maximum absolute atomic E-state index is 5.95. The number of piperidine rings is 1. The SMILES string of the molecule is C=C(C)CCN1CCC(N)C(C)C1. The van der Waals surface area contributed by atoms with Gasteiger partial charge in [-0.15, -0.1) is 6.58 Å². The van der Waals surface area contributed by atoms with Crippen molar-refractivity contribution in [2.75, 3.05) is 19.6 Å². The van der Waals surface area contributed by atoms with Crippen molar-refractivity contribution < 1.29 is 0 Å². The summed E-state index contributed by atoms with van der Waals surface area (Å²) in [5, 5.41) is 0. The van der Waals surface area contributed by atoms with Crippen molar-refractivity contribution in [2.45, 2.75) is 32.7 Å². The van der Waals surface area contributed by atoms with Gasteiger partial charge in [0, 0.05) is 19.1 Å². The molecule has 2 unspecified atom stereocenters. The minimum atomic E-state index is 0.418. The molecule has 0 radical (unpaired) electrons. The first-order valence-corrected chi connectivity index (χ1v) is 5.22. The molecule has 2 atom stereocenters. The number of hydrogen-bond acceptors (Lipinski definition) is 2. The monoisotopic (exact) mass is 182 g/mol. The fourth-order valence-corrected chi connectivity index (χ4v) is 1.80. The van der Waals surface area contributed by atoms with Crippen LogP contribution >= 0.6 is 0 Å². The van der Waals surface area contributed by atoms with Crippen LogP contribution in [0.25, 0.3) is 0 Å². The lowest BCUT2D eigenvalue weighted by Gasteiger charge is -2.35. The summed E-state index contributed by atoms with van der Waals surface area (Å²) in [6, 6.07) is 0.418. The smallest absolute Gasteiger partial charge is 0.00889 e. The Labute approximate surface area is 81.8 Å². The lowest BCUT2D eigenvalue weighted by Crippen LogP contribution is -2.46. The summed E-state index contributed by atoms with van der Waals surface area (Å²) in [6.45, 7) is 11.8. The van der Waals surface area contributed by atoms with E-state index >= 15 is 0 Å². The molecule has 1 saturated heterocycles. The number of rotatable bonds is 3. The van der Waals surface area contributed by atoms with E-state index in [1.54, 1.807) is 0 Å². The van der Waals surface area contributed by atoms with Gasteiger partial charge in [-0.25, -0.2) is 0 Å². The quantitative estimate of drug-likeness (QED) is 0.672. The Hall–Kier alpha value is -0.340. The first kappa shape index (κ1) is 10.7. The van der Waals surface area contributed by atoms with Gasteiger partial charge < -0.3 is 10.6 Å². The maximum Gasteiger partial charge on any atom is 0.00889 e. The molecule has 1 rings (SSSR count).